The number of rotatable bonds is 5. The highest BCUT2D eigenvalue weighted by Gasteiger charge is 2.34. The van der Waals surface area contributed by atoms with Gasteiger partial charge in [0.2, 0.25) is 5.95 Å². The Hall–Kier alpha value is -2.85. The molecule has 0 atom stereocenters. The maximum Gasteiger partial charge on any atom is 0.433 e. The lowest BCUT2D eigenvalue weighted by Gasteiger charge is -2.34. The molecule has 1 aliphatic heterocycles. The summed E-state index contributed by atoms with van der Waals surface area (Å²) in [5.41, 5.74) is 0.595. The minimum atomic E-state index is -4.61. The lowest BCUT2D eigenvalue weighted by atomic mass is 10.2. The van der Waals surface area contributed by atoms with Gasteiger partial charge in [-0.1, -0.05) is 17.7 Å². The van der Waals surface area contributed by atoms with E-state index in [1.807, 2.05) is 19.1 Å². The molecular formula is C22H21F4N5S. The normalized spacial score (nSPS) is 15.1. The minimum absolute atomic E-state index is 0.00499. The standard InChI is InChI=1S/C22H21F4N5S/c1-15-2-8-18(9-3-15)32-31-12-10-30(11-13-31)21-28-19(22(24,25)26)14-20(29-21)27-17-6-4-16(23)5-7-17/h2-9,14H,10-13H2,1H3,(H,27,28,29). The first kappa shape index (κ1) is 22.3. The Morgan fingerprint density at radius 3 is 2.19 bits per heavy atom. The van der Waals surface area contributed by atoms with Crippen molar-refractivity contribution in [2.75, 3.05) is 36.4 Å². The molecule has 1 aromatic heterocycles. The average molecular weight is 464 g/mol. The molecule has 0 aliphatic carbocycles. The summed E-state index contributed by atoms with van der Waals surface area (Å²) in [4.78, 5) is 10.9. The number of aromatic nitrogens is 2. The number of aryl methyl sites for hydroxylation is 1. The molecule has 1 saturated heterocycles. The molecule has 32 heavy (non-hydrogen) atoms. The monoisotopic (exact) mass is 463 g/mol. The van der Waals surface area contributed by atoms with Crippen LogP contribution in [0.2, 0.25) is 0 Å². The van der Waals surface area contributed by atoms with Gasteiger partial charge in [0, 0.05) is 42.8 Å². The molecule has 0 spiro atoms. The summed E-state index contributed by atoms with van der Waals surface area (Å²) in [6.45, 7) is 4.32. The summed E-state index contributed by atoms with van der Waals surface area (Å²) in [5, 5.41) is 2.81. The van der Waals surface area contributed by atoms with Gasteiger partial charge in [0.15, 0.2) is 5.69 Å². The van der Waals surface area contributed by atoms with Crippen LogP contribution in [-0.2, 0) is 6.18 Å². The molecule has 0 amide bonds. The van der Waals surface area contributed by atoms with Gasteiger partial charge in [-0.2, -0.15) is 18.2 Å². The van der Waals surface area contributed by atoms with Crippen LogP contribution in [0.5, 0.6) is 0 Å². The highest BCUT2D eigenvalue weighted by atomic mass is 32.2. The van der Waals surface area contributed by atoms with Crippen LogP contribution in [0.1, 0.15) is 11.3 Å². The van der Waals surface area contributed by atoms with Crippen molar-refractivity contribution in [3.05, 3.63) is 71.7 Å². The van der Waals surface area contributed by atoms with Crippen LogP contribution in [0.15, 0.2) is 59.5 Å². The zero-order valence-electron chi connectivity index (χ0n) is 17.2. The fraction of sp³-hybridized carbons (Fsp3) is 0.273. The Bertz CT molecular complexity index is 1050. The molecule has 0 unspecified atom stereocenters. The van der Waals surface area contributed by atoms with Gasteiger partial charge in [-0.25, -0.2) is 13.7 Å². The number of piperazine rings is 1. The first-order valence-electron chi connectivity index (χ1n) is 10.00. The summed E-state index contributed by atoms with van der Waals surface area (Å²) in [6.07, 6.45) is -4.61. The third-order valence-corrected chi connectivity index (χ3v) is 6.00. The van der Waals surface area contributed by atoms with E-state index in [4.69, 9.17) is 0 Å². The van der Waals surface area contributed by atoms with Crippen molar-refractivity contribution in [3.8, 4) is 0 Å². The highest BCUT2D eigenvalue weighted by Crippen LogP contribution is 2.32. The molecule has 168 valence electrons. The summed E-state index contributed by atoms with van der Waals surface area (Å²) in [5.74, 6) is -0.411. The molecule has 10 heteroatoms. The first-order valence-corrected chi connectivity index (χ1v) is 10.8. The van der Waals surface area contributed by atoms with E-state index in [0.29, 0.717) is 31.9 Å². The van der Waals surface area contributed by atoms with E-state index in [-0.39, 0.29) is 11.8 Å². The van der Waals surface area contributed by atoms with Gasteiger partial charge in [-0.05, 0) is 55.3 Å². The predicted octanol–water partition coefficient (Wildman–Crippen LogP) is 5.52. The molecule has 1 aliphatic rings. The molecule has 0 bridgehead atoms. The number of benzene rings is 2. The number of hydrogen-bond donors (Lipinski definition) is 1. The largest absolute Gasteiger partial charge is 0.433 e. The maximum atomic E-state index is 13.4. The van der Waals surface area contributed by atoms with Crippen LogP contribution in [0.3, 0.4) is 0 Å². The van der Waals surface area contributed by atoms with E-state index < -0.39 is 17.7 Å². The lowest BCUT2D eigenvalue weighted by Crippen LogP contribution is -2.44. The van der Waals surface area contributed by atoms with Gasteiger partial charge in [0.1, 0.15) is 11.6 Å². The second kappa shape index (κ2) is 9.33. The quantitative estimate of drug-likeness (QED) is 0.397. The zero-order valence-corrected chi connectivity index (χ0v) is 18.1. The Morgan fingerprint density at radius 2 is 1.56 bits per heavy atom. The van der Waals surface area contributed by atoms with E-state index in [1.54, 1.807) is 16.8 Å². The van der Waals surface area contributed by atoms with Crippen molar-refractivity contribution >= 4 is 29.4 Å². The molecule has 1 fully saturated rings. The Morgan fingerprint density at radius 1 is 0.906 bits per heavy atom. The molecule has 2 heterocycles. The number of nitrogens with one attached hydrogen (secondary N) is 1. The van der Waals surface area contributed by atoms with E-state index >= 15 is 0 Å². The van der Waals surface area contributed by atoms with Gasteiger partial charge in [-0.15, -0.1) is 0 Å². The molecule has 0 radical (unpaired) electrons. The number of anilines is 3. The number of halogens is 4. The van der Waals surface area contributed by atoms with Crippen LogP contribution >= 0.6 is 11.9 Å². The lowest BCUT2D eigenvalue weighted by molar-refractivity contribution is -0.141. The van der Waals surface area contributed by atoms with Gasteiger partial charge < -0.3 is 10.2 Å². The molecule has 5 nitrogen and oxygen atoms in total. The molecule has 2 aromatic carbocycles. The van der Waals surface area contributed by atoms with Crippen LogP contribution in [-0.4, -0.2) is 40.5 Å². The van der Waals surface area contributed by atoms with Crippen molar-refractivity contribution in [1.82, 2.24) is 14.3 Å². The number of nitrogens with zero attached hydrogens (tertiary/aromatic N) is 4. The van der Waals surface area contributed by atoms with Crippen LogP contribution in [0.4, 0.5) is 35.0 Å². The van der Waals surface area contributed by atoms with Crippen molar-refractivity contribution in [3.63, 3.8) is 0 Å². The molecule has 4 rings (SSSR count). The number of hydrogen-bond acceptors (Lipinski definition) is 6. The van der Waals surface area contributed by atoms with E-state index in [1.165, 1.54) is 29.8 Å². The topological polar surface area (TPSA) is 44.3 Å². The van der Waals surface area contributed by atoms with Gasteiger partial charge in [0.05, 0.1) is 0 Å². The minimum Gasteiger partial charge on any atom is -0.340 e. The van der Waals surface area contributed by atoms with E-state index in [2.05, 4.69) is 31.7 Å². The van der Waals surface area contributed by atoms with Crippen molar-refractivity contribution in [1.29, 1.82) is 0 Å². The van der Waals surface area contributed by atoms with Crippen LogP contribution < -0.4 is 10.2 Å². The van der Waals surface area contributed by atoms with Gasteiger partial charge >= 0.3 is 6.18 Å². The maximum absolute atomic E-state index is 13.4. The van der Waals surface area contributed by atoms with E-state index in [0.717, 1.165) is 11.0 Å². The van der Waals surface area contributed by atoms with Crippen LogP contribution in [0.25, 0.3) is 0 Å². The van der Waals surface area contributed by atoms with Crippen LogP contribution in [0, 0.1) is 12.7 Å². The molecule has 1 N–H and O–H groups in total. The Balaban J connectivity index is 1.48. The summed E-state index contributed by atoms with van der Waals surface area (Å²) in [6, 6.07) is 14.4. The Kier molecular flexibility index (Phi) is 6.52. The van der Waals surface area contributed by atoms with Crippen molar-refractivity contribution in [2.45, 2.75) is 18.0 Å². The second-order valence-electron chi connectivity index (χ2n) is 7.39. The second-order valence-corrected chi connectivity index (χ2v) is 8.56. The highest BCUT2D eigenvalue weighted by molar-refractivity contribution is 7.97. The van der Waals surface area contributed by atoms with Gasteiger partial charge in [0.25, 0.3) is 0 Å². The summed E-state index contributed by atoms with van der Waals surface area (Å²) >= 11 is 1.63. The fourth-order valence-corrected chi connectivity index (χ4v) is 4.10. The summed E-state index contributed by atoms with van der Waals surface area (Å²) < 4.78 is 55.6. The smallest absolute Gasteiger partial charge is 0.340 e. The fourth-order valence-electron chi connectivity index (χ4n) is 3.19. The third-order valence-electron chi connectivity index (χ3n) is 4.90. The average Bonchev–Trinajstić information content (AvgIpc) is 2.77. The Labute approximate surface area is 187 Å². The SMILES string of the molecule is Cc1ccc(SN2CCN(c3nc(Nc4ccc(F)cc4)cc(C(F)(F)F)n3)CC2)cc1. The molecular weight excluding hydrogens is 442 g/mol. The van der Waals surface area contributed by atoms with Crippen molar-refractivity contribution < 1.29 is 17.6 Å². The zero-order chi connectivity index (χ0) is 22.7. The first-order chi connectivity index (χ1) is 15.3. The number of alkyl halides is 3. The third kappa shape index (κ3) is 5.68. The summed E-state index contributed by atoms with van der Waals surface area (Å²) in [7, 11) is 0. The van der Waals surface area contributed by atoms with E-state index in [9.17, 15) is 17.6 Å². The molecule has 3 aromatic rings. The molecule has 0 saturated carbocycles. The van der Waals surface area contributed by atoms with Crippen molar-refractivity contribution in [2.24, 2.45) is 0 Å². The predicted molar refractivity (Wildman–Crippen MR) is 118 cm³/mol. The van der Waals surface area contributed by atoms with Gasteiger partial charge in [-0.3, -0.25) is 0 Å².